The molecule has 1 heterocycles. The number of amides is 1. The smallest absolute Gasteiger partial charge is 0.307 e. The van der Waals surface area contributed by atoms with E-state index in [4.69, 9.17) is 0 Å². The highest BCUT2D eigenvalue weighted by Crippen LogP contribution is 2.31. The Bertz CT molecular complexity index is 945. The molecule has 1 aliphatic rings. The van der Waals surface area contributed by atoms with E-state index in [2.05, 4.69) is 15.0 Å². The number of hydrogen-bond donors (Lipinski definition) is 3. The van der Waals surface area contributed by atoms with E-state index in [0.29, 0.717) is 18.5 Å². The summed E-state index contributed by atoms with van der Waals surface area (Å²) in [4.78, 5) is 27.8. The molecule has 1 fully saturated rings. The van der Waals surface area contributed by atoms with Gasteiger partial charge >= 0.3 is 5.97 Å². The van der Waals surface area contributed by atoms with E-state index in [1.54, 1.807) is 12.1 Å². The minimum Gasteiger partial charge on any atom is -0.481 e. The molecule has 148 valence electrons. The lowest BCUT2D eigenvalue weighted by Gasteiger charge is -2.27. The number of anilines is 2. The van der Waals surface area contributed by atoms with Crippen molar-refractivity contribution in [2.75, 3.05) is 10.0 Å². The van der Waals surface area contributed by atoms with Gasteiger partial charge in [0, 0.05) is 11.9 Å². The lowest BCUT2D eigenvalue weighted by molar-refractivity contribution is -0.147. The number of pyridine rings is 1. The number of aromatic nitrogens is 1. The lowest BCUT2D eigenvalue weighted by Crippen LogP contribution is -2.36. The van der Waals surface area contributed by atoms with Gasteiger partial charge in [0.15, 0.2) is 0 Å². The number of carboxylic acids is 1. The Morgan fingerprint density at radius 1 is 1.00 bits per heavy atom. The Labute approximate surface area is 163 Å². The summed E-state index contributed by atoms with van der Waals surface area (Å²) in [6.45, 7) is 0. The van der Waals surface area contributed by atoms with Crippen LogP contribution in [0.15, 0.2) is 53.6 Å². The number of nitrogens with zero attached hydrogens (tertiary/aromatic N) is 1. The summed E-state index contributed by atoms with van der Waals surface area (Å²) in [5.41, 5.74) is 0.413. The number of carbonyl (C=O) groups is 2. The van der Waals surface area contributed by atoms with Crippen LogP contribution in [0.1, 0.15) is 25.7 Å². The van der Waals surface area contributed by atoms with Gasteiger partial charge in [0.25, 0.3) is 10.0 Å². The molecule has 0 aliphatic heterocycles. The average Bonchev–Trinajstić information content (AvgIpc) is 2.69. The number of carbonyl (C=O) groups excluding carboxylic acids is 1. The molecule has 3 rings (SSSR count). The zero-order chi connectivity index (χ0) is 20.1. The van der Waals surface area contributed by atoms with E-state index in [0.717, 1.165) is 12.8 Å². The summed E-state index contributed by atoms with van der Waals surface area (Å²) in [7, 11) is -3.80. The summed E-state index contributed by atoms with van der Waals surface area (Å²) in [5.74, 6) is -2.37. The molecule has 1 amide bonds. The van der Waals surface area contributed by atoms with Crippen LogP contribution in [0, 0.1) is 11.8 Å². The second-order valence-electron chi connectivity index (χ2n) is 6.67. The molecule has 2 atom stereocenters. The Morgan fingerprint density at radius 2 is 1.68 bits per heavy atom. The van der Waals surface area contributed by atoms with Crippen LogP contribution in [-0.4, -0.2) is 30.4 Å². The van der Waals surface area contributed by atoms with Gasteiger partial charge in [-0.1, -0.05) is 18.9 Å². The first-order chi connectivity index (χ1) is 13.4. The molecular weight excluding hydrogens is 382 g/mol. The highest BCUT2D eigenvalue weighted by atomic mass is 32.2. The van der Waals surface area contributed by atoms with Crippen LogP contribution in [-0.2, 0) is 19.6 Å². The molecule has 2 unspecified atom stereocenters. The quantitative estimate of drug-likeness (QED) is 0.681. The summed E-state index contributed by atoms with van der Waals surface area (Å²) in [6.07, 6.45) is 4.12. The third-order valence-corrected chi connectivity index (χ3v) is 6.13. The van der Waals surface area contributed by atoms with Crippen LogP contribution in [0.5, 0.6) is 0 Å². The van der Waals surface area contributed by atoms with Crippen molar-refractivity contribution < 1.29 is 23.1 Å². The van der Waals surface area contributed by atoms with Crippen LogP contribution in [0.4, 0.5) is 11.5 Å². The predicted octanol–water partition coefficient (Wildman–Crippen LogP) is 2.71. The predicted molar refractivity (Wildman–Crippen MR) is 103 cm³/mol. The highest BCUT2D eigenvalue weighted by molar-refractivity contribution is 7.92. The fourth-order valence-electron chi connectivity index (χ4n) is 3.31. The topological polar surface area (TPSA) is 125 Å². The van der Waals surface area contributed by atoms with E-state index >= 15 is 0 Å². The molecule has 28 heavy (non-hydrogen) atoms. The normalized spacial score (nSPS) is 19.6. The summed E-state index contributed by atoms with van der Waals surface area (Å²) < 4.78 is 27.2. The minimum absolute atomic E-state index is 0.0252. The summed E-state index contributed by atoms with van der Waals surface area (Å²) in [5, 5.41) is 12.0. The fraction of sp³-hybridized carbons (Fsp3) is 0.316. The van der Waals surface area contributed by atoms with E-state index in [-0.39, 0.29) is 16.6 Å². The van der Waals surface area contributed by atoms with Crippen molar-refractivity contribution in [1.82, 2.24) is 4.98 Å². The maximum Gasteiger partial charge on any atom is 0.307 e. The molecule has 0 radical (unpaired) electrons. The number of benzene rings is 1. The van der Waals surface area contributed by atoms with Crippen molar-refractivity contribution in [3.8, 4) is 0 Å². The van der Waals surface area contributed by atoms with Crippen molar-refractivity contribution in [3.63, 3.8) is 0 Å². The molecule has 1 aliphatic carbocycles. The summed E-state index contributed by atoms with van der Waals surface area (Å²) in [6, 6.07) is 10.6. The summed E-state index contributed by atoms with van der Waals surface area (Å²) >= 11 is 0. The molecule has 0 saturated heterocycles. The Balaban J connectivity index is 1.68. The second kappa shape index (κ2) is 8.39. The van der Waals surface area contributed by atoms with Gasteiger partial charge in [-0.2, -0.15) is 0 Å². The van der Waals surface area contributed by atoms with Crippen molar-refractivity contribution >= 4 is 33.4 Å². The number of aliphatic carboxylic acids is 1. The minimum atomic E-state index is -3.80. The average molecular weight is 403 g/mol. The van der Waals surface area contributed by atoms with Crippen LogP contribution < -0.4 is 10.0 Å². The van der Waals surface area contributed by atoms with Gasteiger partial charge in [-0.15, -0.1) is 0 Å². The van der Waals surface area contributed by atoms with Gasteiger partial charge in [0.1, 0.15) is 5.82 Å². The van der Waals surface area contributed by atoms with Crippen molar-refractivity contribution in [3.05, 3.63) is 48.7 Å². The first-order valence-electron chi connectivity index (χ1n) is 8.94. The number of sulfonamides is 1. The van der Waals surface area contributed by atoms with E-state index in [1.165, 1.54) is 36.5 Å². The molecule has 1 aromatic heterocycles. The van der Waals surface area contributed by atoms with Crippen molar-refractivity contribution in [2.45, 2.75) is 30.6 Å². The van der Waals surface area contributed by atoms with Crippen LogP contribution in [0.3, 0.4) is 0 Å². The molecule has 8 nitrogen and oxygen atoms in total. The molecule has 1 saturated carbocycles. The molecular formula is C19H21N3O5S. The van der Waals surface area contributed by atoms with Gasteiger partial charge in [0.2, 0.25) is 5.91 Å². The monoisotopic (exact) mass is 403 g/mol. The maximum atomic E-state index is 12.5. The molecule has 9 heteroatoms. The van der Waals surface area contributed by atoms with Crippen molar-refractivity contribution in [1.29, 1.82) is 0 Å². The number of hydrogen-bond acceptors (Lipinski definition) is 5. The first kappa shape index (κ1) is 19.8. The second-order valence-corrected chi connectivity index (χ2v) is 8.35. The van der Waals surface area contributed by atoms with Crippen molar-refractivity contribution in [2.24, 2.45) is 11.8 Å². The third-order valence-electron chi connectivity index (χ3n) is 4.76. The van der Waals surface area contributed by atoms with Gasteiger partial charge in [-0.25, -0.2) is 13.4 Å². The van der Waals surface area contributed by atoms with Crippen LogP contribution in [0.2, 0.25) is 0 Å². The zero-order valence-corrected chi connectivity index (χ0v) is 15.9. The van der Waals surface area contributed by atoms with Gasteiger partial charge < -0.3 is 10.4 Å². The van der Waals surface area contributed by atoms with E-state index < -0.39 is 27.8 Å². The van der Waals surface area contributed by atoms with E-state index in [9.17, 15) is 23.1 Å². The molecule has 0 spiro atoms. The number of nitrogens with one attached hydrogen (secondary N) is 2. The van der Waals surface area contributed by atoms with Crippen LogP contribution >= 0.6 is 0 Å². The standard InChI is InChI=1S/C19H21N3O5S/c23-18(15-5-1-2-6-16(15)19(24)25)21-13-8-10-14(11-9-13)28(26,27)22-17-7-3-4-12-20-17/h3-4,7-12,15-16H,1-2,5-6H2,(H,20,22)(H,21,23)(H,24,25). The van der Waals surface area contributed by atoms with Gasteiger partial charge in [0.05, 0.1) is 16.7 Å². The lowest BCUT2D eigenvalue weighted by atomic mass is 9.78. The van der Waals surface area contributed by atoms with Gasteiger partial charge in [-0.3, -0.25) is 14.3 Å². The Morgan fingerprint density at radius 3 is 2.29 bits per heavy atom. The van der Waals surface area contributed by atoms with Gasteiger partial charge in [-0.05, 0) is 49.2 Å². The molecule has 1 aromatic carbocycles. The molecule has 2 aromatic rings. The highest BCUT2D eigenvalue weighted by Gasteiger charge is 2.35. The molecule has 0 bridgehead atoms. The largest absolute Gasteiger partial charge is 0.481 e. The first-order valence-corrected chi connectivity index (χ1v) is 10.4. The SMILES string of the molecule is O=C(O)C1CCCCC1C(=O)Nc1ccc(S(=O)(=O)Nc2ccccn2)cc1. The zero-order valence-electron chi connectivity index (χ0n) is 15.0. The Hall–Kier alpha value is -2.94. The Kier molecular flexibility index (Phi) is 5.93. The number of rotatable bonds is 6. The van der Waals surface area contributed by atoms with E-state index in [1.807, 2.05) is 0 Å². The third kappa shape index (κ3) is 4.66. The molecule has 3 N–H and O–H groups in total. The number of carboxylic acid groups (broad SMARTS) is 1. The maximum absolute atomic E-state index is 12.5. The fourth-order valence-corrected chi connectivity index (χ4v) is 4.32. The van der Waals surface area contributed by atoms with Crippen LogP contribution in [0.25, 0.3) is 0 Å².